The molecule has 0 unspecified atom stereocenters. The van der Waals surface area contributed by atoms with Crippen LogP contribution in [0.15, 0.2) is 122 Å². The van der Waals surface area contributed by atoms with Crippen LogP contribution in [0.25, 0.3) is 67.1 Å². The van der Waals surface area contributed by atoms with E-state index in [0.717, 1.165) is 38.9 Å². The molecular formula is C38H26ClN. The molecule has 6 rings (SSSR count). The van der Waals surface area contributed by atoms with Crippen LogP contribution >= 0.6 is 11.6 Å². The van der Waals surface area contributed by atoms with E-state index < -0.39 is 0 Å². The van der Waals surface area contributed by atoms with Gasteiger partial charge in [0.2, 0.25) is 0 Å². The second kappa shape index (κ2) is 10.7. The third-order valence-electron chi connectivity index (χ3n) is 7.45. The van der Waals surface area contributed by atoms with Crippen molar-refractivity contribution < 1.29 is 0 Å². The Morgan fingerprint density at radius 2 is 1.25 bits per heavy atom. The number of hydrogen-bond acceptors (Lipinski definition) is 1. The molecule has 0 radical (unpaired) electrons. The van der Waals surface area contributed by atoms with E-state index in [1.165, 1.54) is 27.1 Å². The molecule has 0 saturated carbocycles. The van der Waals surface area contributed by atoms with E-state index in [1.54, 1.807) is 0 Å². The van der Waals surface area contributed by atoms with Crippen LogP contribution in [-0.2, 0) is 0 Å². The fourth-order valence-electron chi connectivity index (χ4n) is 5.66. The zero-order valence-corrected chi connectivity index (χ0v) is 22.9. The van der Waals surface area contributed by atoms with Gasteiger partial charge in [-0.1, -0.05) is 121 Å². The number of rotatable bonds is 5. The lowest BCUT2D eigenvalue weighted by Crippen LogP contribution is -1.92. The number of fused-ring (bicyclic) bond motifs is 3. The summed E-state index contributed by atoms with van der Waals surface area (Å²) < 4.78 is 0. The number of allylic oxidation sites excluding steroid dienone is 1. The van der Waals surface area contributed by atoms with E-state index in [2.05, 4.69) is 79.4 Å². The Balaban J connectivity index is 1.55. The van der Waals surface area contributed by atoms with Gasteiger partial charge in [0.25, 0.3) is 0 Å². The summed E-state index contributed by atoms with van der Waals surface area (Å²) in [5, 5.41) is 15.6. The average molecular weight is 532 g/mol. The summed E-state index contributed by atoms with van der Waals surface area (Å²) in [6.45, 7) is 6.18. The Hall–Kier alpha value is -4.90. The first kappa shape index (κ1) is 25.4. The average Bonchev–Trinajstić information content (AvgIpc) is 3.01. The molecule has 6 aromatic carbocycles. The number of nitrogens with zero attached hydrogens (tertiary/aromatic N) is 1. The van der Waals surface area contributed by atoms with Crippen molar-refractivity contribution in [1.82, 2.24) is 0 Å². The summed E-state index contributed by atoms with van der Waals surface area (Å²) in [7, 11) is 0. The number of halogens is 1. The largest absolute Gasteiger partial charge is 0.192 e. The van der Waals surface area contributed by atoms with E-state index in [-0.39, 0.29) is 0 Å². The highest BCUT2D eigenvalue weighted by Gasteiger charge is 2.16. The Labute approximate surface area is 239 Å². The third kappa shape index (κ3) is 4.39. The van der Waals surface area contributed by atoms with Crippen LogP contribution in [0.1, 0.15) is 23.6 Å². The second-order valence-corrected chi connectivity index (χ2v) is 10.2. The molecule has 0 saturated heterocycles. The second-order valence-electron chi connectivity index (χ2n) is 9.77. The fourth-order valence-corrected chi connectivity index (χ4v) is 5.88. The molecule has 190 valence electrons. The summed E-state index contributed by atoms with van der Waals surface area (Å²) in [5.41, 5.74) is 8.68. The molecule has 0 heterocycles. The molecule has 0 aliphatic carbocycles. The summed E-state index contributed by atoms with van der Waals surface area (Å²) in [6.07, 6.45) is 6.20. The van der Waals surface area contributed by atoms with E-state index in [1.807, 2.05) is 67.6 Å². The van der Waals surface area contributed by atoms with Gasteiger partial charge < -0.3 is 0 Å². The molecule has 0 N–H and O–H groups in total. The highest BCUT2D eigenvalue weighted by molar-refractivity contribution is 6.31. The first-order chi connectivity index (χ1) is 19.6. The Morgan fingerprint density at radius 3 is 1.98 bits per heavy atom. The molecule has 0 spiro atoms. The fraction of sp³-hybridized carbons (Fsp3) is 0.0263. The van der Waals surface area contributed by atoms with Gasteiger partial charge in [-0.3, -0.25) is 0 Å². The molecule has 2 heteroatoms. The van der Waals surface area contributed by atoms with Gasteiger partial charge in [0.1, 0.15) is 6.07 Å². The lowest BCUT2D eigenvalue weighted by molar-refractivity contribution is 1.47. The highest BCUT2D eigenvalue weighted by atomic mass is 35.5. The lowest BCUT2D eigenvalue weighted by Gasteiger charge is -2.15. The maximum atomic E-state index is 10.2. The van der Waals surface area contributed by atoms with Crippen molar-refractivity contribution in [2.45, 2.75) is 6.92 Å². The quantitative estimate of drug-likeness (QED) is 0.203. The van der Waals surface area contributed by atoms with E-state index in [0.29, 0.717) is 10.6 Å². The topological polar surface area (TPSA) is 23.8 Å². The highest BCUT2D eigenvalue weighted by Crippen LogP contribution is 2.39. The minimum absolute atomic E-state index is 0.601. The van der Waals surface area contributed by atoms with Crippen LogP contribution in [0.2, 0.25) is 5.02 Å². The Kier molecular flexibility index (Phi) is 6.79. The van der Waals surface area contributed by atoms with Gasteiger partial charge in [0, 0.05) is 16.1 Å². The van der Waals surface area contributed by atoms with Crippen molar-refractivity contribution >= 4 is 45.3 Å². The first-order valence-electron chi connectivity index (χ1n) is 13.3. The summed E-state index contributed by atoms with van der Waals surface area (Å²) in [4.78, 5) is 0. The minimum atomic E-state index is 0.601. The normalized spacial score (nSPS) is 11.2. The van der Waals surface area contributed by atoms with Crippen LogP contribution in [0, 0.1) is 11.3 Å². The lowest BCUT2D eigenvalue weighted by atomic mass is 9.88. The summed E-state index contributed by atoms with van der Waals surface area (Å²) >= 11 is 6.60. The van der Waals surface area contributed by atoms with Crippen LogP contribution in [0.3, 0.4) is 0 Å². The predicted octanol–water partition coefficient (Wildman–Crippen LogP) is 11.2. The zero-order valence-electron chi connectivity index (χ0n) is 22.2. The van der Waals surface area contributed by atoms with Gasteiger partial charge >= 0.3 is 0 Å². The molecular weight excluding hydrogens is 506 g/mol. The van der Waals surface area contributed by atoms with E-state index in [4.69, 9.17) is 11.6 Å². The maximum Gasteiger partial charge on any atom is 0.100 e. The van der Waals surface area contributed by atoms with Crippen LogP contribution in [-0.4, -0.2) is 0 Å². The molecule has 6 aromatic rings. The molecule has 0 aromatic heterocycles. The van der Waals surface area contributed by atoms with Gasteiger partial charge in [-0.15, -0.1) is 0 Å². The summed E-state index contributed by atoms with van der Waals surface area (Å²) in [5.74, 6) is 0. The van der Waals surface area contributed by atoms with Crippen molar-refractivity contribution in [3.8, 4) is 39.4 Å². The van der Waals surface area contributed by atoms with Gasteiger partial charge in [0.15, 0.2) is 0 Å². The van der Waals surface area contributed by atoms with Crippen LogP contribution in [0.5, 0.6) is 0 Å². The van der Waals surface area contributed by atoms with Crippen molar-refractivity contribution in [2.75, 3.05) is 0 Å². The SMILES string of the molecule is C=Cc1c(/C=C\C)c2cc(-c3cccc(-c4cc(Cl)cc(-c5ccccc5)c4C#N)c3)ccc2c2ccccc12. The van der Waals surface area contributed by atoms with Gasteiger partial charge in [0.05, 0.1) is 5.56 Å². The maximum absolute atomic E-state index is 10.2. The Bertz CT molecular complexity index is 1990. The molecule has 1 nitrogen and oxygen atoms in total. The molecule has 0 aliphatic rings. The van der Waals surface area contributed by atoms with E-state index >= 15 is 0 Å². The van der Waals surface area contributed by atoms with Crippen molar-refractivity contribution in [3.63, 3.8) is 0 Å². The number of benzene rings is 6. The molecule has 0 aliphatic heterocycles. The van der Waals surface area contributed by atoms with Crippen LogP contribution in [0.4, 0.5) is 0 Å². The molecule has 0 atom stereocenters. The number of hydrogen-bond donors (Lipinski definition) is 0. The van der Waals surface area contributed by atoms with Crippen molar-refractivity contribution in [3.05, 3.63) is 144 Å². The smallest absolute Gasteiger partial charge is 0.100 e. The van der Waals surface area contributed by atoms with Crippen molar-refractivity contribution in [2.24, 2.45) is 0 Å². The minimum Gasteiger partial charge on any atom is -0.192 e. The predicted molar refractivity (Wildman–Crippen MR) is 172 cm³/mol. The van der Waals surface area contributed by atoms with Crippen molar-refractivity contribution in [1.29, 1.82) is 5.26 Å². The molecule has 0 fully saturated rings. The summed E-state index contributed by atoms with van der Waals surface area (Å²) in [6, 6.07) is 39.6. The Morgan fingerprint density at radius 1 is 0.625 bits per heavy atom. The zero-order chi connectivity index (χ0) is 27.6. The molecule has 0 bridgehead atoms. The van der Waals surface area contributed by atoms with Gasteiger partial charge in [-0.2, -0.15) is 5.26 Å². The first-order valence-corrected chi connectivity index (χ1v) is 13.6. The molecule has 0 amide bonds. The van der Waals surface area contributed by atoms with E-state index in [9.17, 15) is 5.26 Å². The molecule has 40 heavy (non-hydrogen) atoms. The number of nitriles is 1. The van der Waals surface area contributed by atoms with Gasteiger partial charge in [-0.05, 0) is 86.1 Å². The van der Waals surface area contributed by atoms with Gasteiger partial charge in [-0.25, -0.2) is 0 Å². The van der Waals surface area contributed by atoms with Crippen LogP contribution < -0.4 is 0 Å². The third-order valence-corrected chi connectivity index (χ3v) is 7.67. The monoisotopic (exact) mass is 531 g/mol. The standard InChI is InChI=1S/C38H26ClN/c1-3-11-31-30(4-2)32-16-8-9-17-33(32)34-19-18-27(21-37(31)34)26-14-10-15-28(20-26)36-23-29(39)22-35(38(36)24-40)25-12-6-5-7-13-25/h3-23H,2H2,1H3/b11-3-.